The third-order valence-electron chi connectivity index (χ3n) is 11.8. The van der Waals surface area contributed by atoms with E-state index < -0.39 is 11.2 Å². The quantitative estimate of drug-likeness (QED) is 0.316. The Bertz CT molecular complexity index is 2200. The summed E-state index contributed by atoms with van der Waals surface area (Å²) in [6.45, 7) is 24.4. The van der Waals surface area contributed by atoms with Crippen molar-refractivity contribution < 1.29 is 38.1 Å². The largest absolute Gasteiger partial charge is 0.483 e. The van der Waals surface area contributed by atoms with Crippen LogP contribution >= 0.6 is 15.9 Å². The van der Waals surface area contributed by atoms with Gasteiger partial charge in [-0.25, -0.2) is 20.4 Å². The highest BCUT2D eigenvalue weighted by Crippen LogP contribution is 2.45. The zero-order valence-electron chi connectivity index (χ0n) is 37.2. The Hall–Kier alpha value is -5.32. The number of halogens is 1. The molecule has 6 aliphatic heterocycles. The molecule has 2 fully saturated rings. The Morgan fingerprint density at radius 2 is 1.11 bits per heavy atom. The van der Waals surface area contributed by atoms with E-state index in [4.69, 9.17) is 18.9 Å². The van der Waals surface area contributed by atoms with Crippen molar-refractivity contribution >= 4 is 68.5 Å². The van der Waals surface area contributed by atoms with Gasteiger partial charge >= 0.3 is 12.2 Å². The smallest absolute Gasteiger partial charge is 0.410 e. The van der Waals surface area contributed by atoms with Crippen LogP contribution in [0.15, 0.2) is 45.5 Å². The minimum atomic E-state index is -0.504. The van der Waals surface area contributed by atoms with Crippen LogP contribution in [0.3, 0.4) is 0 Å². The first-order valence-electron chi connectivity index (χ1n) is 21.4. The molecule has 0 bridgehead atoms. The van der Waals surface area contributed by atoms with E-state index in [0.717, 1.165) is 69.7 Å². The average Bonchev–Trinajstić information content (AvgIpc) is 3.21. The Balaban J connectivity index is 0.000000187. The van der Waals surface area contributed by atoms with Crippen molar-refractivity contribution in [3.8, 4) is 11.5 Å². The number of rotatable bonds is 3. The van der Waals surface area contributed by atoms with Crippen LogP contribution in [0.25, 0.3) is 5.57 Å². The van der Waals surface area contributed by atoms with Crippen LogP contribution in [0.2, 0.25) is 0 Å². The number of carbonyl (C=O) groups excluding carboxylic acids is 4. The number of amidine groups is 2. The van der Waals surface area contributed by atoms with Gasteiger partial charge in [-0.2, -0.15) is 10.2 Å². The van der Waals surface area contributed by atoms with Gasteiger partial charge in [-0.15, -0.1) is 0 Å². The molecule has 6 heterocycles. The standard InChI is InChI=1S/C24H32N4O4.C21H27BrN4O4/c1-14(2)17-12-20-19(28-15(3)22(29)26-25-21(28)13-31-20)11-18(17)16-7-9-27(10-8-16)23(30)32-24(4,5)6;1-12-19(27)24-23-18-11-29-17-10-15(22)14(9-16(17)26(12)18)13-5-7-25(8-6-13)20(28)30-21(2,3)4/h11-12,15-16H,1,7-10,13H2,2-6H3,(H,26,29);9-10,12-13H,5-8,11H2,1-4H3,(H,24,27). The number of anilines is 2. The normalized spacial score (nSPS) is 21.5. The fourth-order valence-corrected chi connectivity index (χ4v) is 9.22. The van der Waals surface area contributed by atoms with Gasteiger partial charge in [0.25, 0.3) is 11.8 Å². The fourth-order valence-electron chi connectivity index (χ4n) is 8.57. The predicted molar refractivity (Wildman–Crippen MR) is 241 cm³/mol. The third kappa shape index (κ3) is 9.52. The first-order valence-corrected chi connectivity index (χ1v) is 22.2. The summed E-state index contributed by atoms with van der Waals surface area (Å²) in [6, 6.07) is 7.49. The number of allylic oxidation sites excluding steroid dienone is 1. The Kier molecular flexibility index (Phi) is 12.6. The molecule has 2 aromatic rings. The molecule has 4 amide bonds. The van der Waals surface area contributed by atoms with Gasteiger partial charge in [0.05, 0.1) is 11.4 Å². The third-order valence-corrected chi connectivity index (χ3v) is 12.4. The van der Waals surface area contributed by atoms with E-state index in [1.165, 1.54) is 5.56 Å². The second-order valence-corrected chi connectivity index (χ2v) is 19.5. The fraction of sp³-hybridized carbons (Fsp3) is 0.556. The molecule has 17 heteroatoms. The lowest BCUT2D eigenvalue weighted by molar-refractivity contribution is -0.123. The lowest BCUT2D eigenvalue weighted by Crippen LogP contribution is -2.55. The lowest BCUT2D eigenvalue weighted by atomic mass is 9.84. The molecule has 8 rings (SSSR count). The van der Waals surface area contributed by atoms with Crippen LogP contribution in [-0.2, 0) is 19.1 Å². The highest BCUT2D eigenvalue weighted by molar-refractivity contribution is 9.10. The molecule has 0 radical (unpaired) electrons. The van der Waals surface area contributed by atoms with Crippen LogP contribution in [0.5, 0.6) is 11.5 Å². The summed E-state index contributed by atoms with van der Waals surface area (Å²) in [4.78, 5) is 56.7. The molecule has 2 saturated heterocycles. The molecule has 2 unspecified atom stereocenters. The van der Waals surface area contributed by atoms with E-state index in [1.54, 1.807) is 9.80 Å². The number of fused-ring (bicyclic) bond motifs is 6. The van der Waals surface area contributed by atoms with E-state index in [0.29, 0.717) is 57.0 Å². The molecule has 62 heavy (non-hydrogen) atoms. The number of piperidine rings is 2. The van der Waals surface area contributed by atoms with Crippen molar-refractivity contribution in [2.24, 2.45) is 10.2 Å². The predicted octanol–water partition coefficient (Wildman–Crippen LogP) is 7.46. The molecule has 0 aromatic heterocycles. The van der Waals surface area contributed by atoms with Gasteiger partial charge in [-0.1, -0.05) is 28.1 Å². The highest BCUT2D eigenvalue weighted by atomic mass is 79.9. The number of ether oxygens (including phenoxy) is 4. The number of carbonyl (C=O) groups is 4. The van der Waals surface area contributed by atoms with Crippen LogP contribution in [0.4, 0.5) is 21.0 Å². The first-order chi connectivity index (χ1) is 29.2. The topological polar surface area (TPSA) is 167 Å². The maximum atomic E-state index is 12.5. The number of hydrogen-bond acceptors (Lipinski definition) is 12. The molecule has 6 aliphatic rings. The lowest BCUT2D eigenvalue weighted by Gasteiger charge is -2.39. The van der Waals surface area contributed by atoms with Gasteiger partial charge in [-0.3, -0.25) is 9.59 Å². The minimum absolute atomic E-state index is 0.137. The van der Waals surface area contributed by atoms with Gasteiger partial charge in [0, 0.05) is 30.7 Å². The maximum Gasteiger partial charge on any atom is 0.410 e. The van der Waals surface area contributed by atoms with Crippen molar-refractivity contribution in [2.45, 2.75) is 123 Å². The van der Waals surface area contributed by atoms with Crippen molar-refractivity contribution in [1.82, 2.24) is 20.7 Å². The summed E-state index contributed by atoms with van der Waals surface area (Å²) in [6.07, 6.45) is 2.83. The first kappa shape index (κ1) is 44.7. The Labute approximate surface area is 372 Å². The van der Waals surface area contributed by atoms with E-state index >= 15 is 0 Å². The molecule has 334 valence electrons. The summed E-state index contributed by atoms with van der Waals surface area (Å²) < 4.78 is 23.9. The zero-order valence-corrected chi connectivity index (χ0v) is 38.8. The molecule has 2 N–H and O–H groups in total. The van der Waals surface area contributed by atoms with Crippen LogP contribution in [-0.4, -0.2) is 108 Å². The zero-order chi connectivity index (χ0) is 44.8. The van der Waals surface area contributed by atoms with Crippen molar-refractivity contribution in [1.29, 1.82) is 0 Å². The van der Waals surface area contributed by atoms with Crippen molar-refractivity contribution in [3.63, 3.8) is 0 Å². The molecule has 16 nitrogen and oxygen atoms in total. The maximum absolute atomic E-state index is 12.5. The van der Waals surface area contributed by atoms with E-state index in [-0.39, 0.29) is 42.0 Å². The van der Waals surface area contributed by atoms with Gasteiger partial charge in [-0.05, 0) is 141 Å². The molecule has 2 atom stereocenters. The molecular weight excluding hydrogens is 860 g/mol. The average molecular weight is 920 g/mol. The molecule has 0 saturated carbocycles. The number of nitrogens with zero attached hydrogens (tertiary/aromatic N) is 6. The van der Waals surface area contributed by atoms with Crippen LogP contribution < -0.4 is 30.1 Å². The molecule has 0 spiro atoms. The molecular formula is C45H59BrN8O8. The number of likely N-dealkylation sites (tertiary alicyclic amines) is 2. The number of benzene rings is 2. The van der Waals surface area contributed by atoms with E-state index in [9.17, 15) is 19.2 Å². The van der Waals surface area contributed by atoms with E-state index in [2.05, 4.69) is 55.7 Å². The Morgan fingerprint density at radius 1 is 0.710 bits per heavy atom. The SMILES string of the molecule is C=C(C)c1cc2c(cc1C1CCN(C(=O)OC(C)(C)C)CC1)N1C(=NNC(=O)C1C)CO2.CC1C(=O)NN=C2COc3cc(Br)c(C4CCN(C(=O)OC(C)(C)C)CC4)cc3N21. The van der Waals surface area contributed by atoms with Gasteiger partial charge in [0.15, 0.2) is 11.7 Å². The summed E-state index contributed by atoms with van der Waals surface area (Å²) in [7, 11) is 0. The van der Waals surface area contributed by atoms with Gasteiger partial charge in [0.1, 0.15) is 48.0 Å². The molecule has 0 aliphatic carbocycles. The summed E-state index contributed by atoms with van der Waals surface area (Å²) in [5.41, 5.74) is 10.2. The number of amides is 4. The van der Waals surface area contributed by atoms with Gasteiger partial charge in [0.2, 0.25) is 0 Å². The minimum Gasteiger partial charge on any atom is -0.483 e. The van der Waals surface area contributed by atoms with Crippen LogP contribution in [0.1, 0.15) is 117 Å². The summed E-state index contributed by atoms with van der Waals surface area (Å²) in [5.74, 6) is 3.14. The Morgan fingerprint density at radius 3 is 1.53 bits per heavy atom. The van der Waals surface area contributed by atoms with E-state index in [1.807, 2.05) is 84.2 Å². The number of nitrogens with one attached hydrogen (secondary N) is 2. The monoisotopic (exact) mass is 918 g/mol. The van der Waals surface area contributed by atoms with Crippen molar-refractivity contribution in [2.75, 3.05) is 49.2 Å². The summed E-state index contributed by atoms with van der Waals surface area (Å²) in [5, 5.41) is 8.34. The van der Waals surface area contributed by atoms with Gasteiger partial charge < -0.3 is 38.5 Å². The van der Waals surface area contributed by atoms with Crippen LogP contribution in [0, 0.1) is 0 Å². The highest BCUT2D eigenvalue weighted by Gasteiger charge is 2.39. The molecule has 2 aromatic carbocycles. The second-order valence-electron chi connectivity index (χ2n) is 18.7. The number of hydrogen-bond donors (Lipinski definition) is 2. The summed E-state index contributed by atoms with van der Waals surface area (Å²) >= 11 is 3.70. The van der Waals surface area contributed by atoms with Crippen molar-refractivity contribution in [3.05, 3.63) is 52.0 Å². The number of hydrazone groups is 2. The second kappa shape index (κ2) is 17.4.